The van der Waals surface area contributed by atoms with Gasteiger partial charge in [0.2, 0.25) is 5.88 Å². The summed E-state index contributed by atoms with van der Waals surface area (Å²) in [7, 11) is 0. The number of carbonyl (C=O) groups is 2. The normalized spacial score (nSPS) is 12.1. The van der Waals surface area contributed by atoms with E-state index in [1.165, 1.54) is 18.3 Å². The Morgan fingerprint density at radius 2 is 2.17 bits per heavy atom. The van der Waals surface area contributed by atoms with E-state index in [0.717, 1.165) is 10.2 Å². The molecule has 0 spiro atoms. The lowest BCUT2D eigenvalue weighted by Gasteiger charge is -2.12. The fourth-order valence-electron chi connectivity index (χ4n) is 1.91. The molecule has 1 atom stereocenters. The molecule has 3 rings (SSSR count). The molecule has 0 bridgehead atoms. The zero-order chi connectivity index (χ0) is 16.4. The van der Waals surface area contributed by atoms with Crippen LogP contribution in [0.25, 0.3) is 10.2 Å². The predicted octanol–water partition coefficient (Wildman–Crippen LogP) is 2.78. The maximum atomic E-state index is 12.1. The summed E-state index contributed by atoms with van der Waals surface area (Å²) in [5.41, 5.74) is 3.53. The third kappa shape index (κ3) is 3.37. The molecule has 1 N–H and O–H groups in total. The zero-order valence-electron chi connectivity index (χ0n) is 12.4. The lowest BCUT2D eigenvalue weighted by atomic mass is 10.2. The summed E-state index contributed by atoms with van der Waals surface area (Å²) >= 11 is 1.43. The van der Waals surface area contributed by atoms with Gasteiger partial charge in [0.15, 0.2) is 6.10 Å². The van der Waals surface area contributed by atoms with Crippen LogP contribution in [0.5, 0.6) is 0 Å². The Hall–Kier alpha value is -2.74. The first-order valence-electron chi connectivity index (χ1n) is 6.81. The van der Waals surface area contributed by atoms with Gasteiger partial charge in [-0.1, -0.05) is 5.16 Å². The van der Waals surface area contributed by atoms with E-state index in [1.54, 1.807) is 36.7 Å². The van der Waals surface area contributed by atoms with E-state index < -0.39 is 18.0 Å². The van der Waals surface area contributed by atoms with Crippen molar-refractivity contribution in [3.05, 3.63) is 41.0 Å². The number of nitrogens with one attached hydrogen (secondary N) is 1. The highest BCUT2D eigenvalue weighted by atomic mass is 32.1. The zero-order valence-corrected chi connectivity index (χ0v) is 13.2. The second-order valence-corrected chi connectivity index (χ2v) is 5.79. The number of carbonyl (C=O) groups excluding carboxylic acids is 2. The van der Waals surface area contributed by atoms with Crippen LogP contribution in [0.4, 0.5) is 5.88 Å². The molecule has 7 nitrogen and oxygen atoms in total. The minimum absolute atomic E-state index is 0.210. The lowest BCUT2D eigenvalue weighted by Crippen LogP contribution is -2.29. The van der Waals surface area contributed by atoms with Gasteiger partial charge >= 0.3 is 5.97 Å². The van der Waals surface area contributed by atoms with Crippen LogP contribution < -0.4 is 5.32 Å². The van der Waals surface area contributed by atoms with Gasteiger partial charge < -0.3 is 9.26 Å². The quantitative estimate of drug-likeness (QED) is 0.739. The van der Waals surface area contributed by atoms with Gasteiger partial charge in [-0.3, -0.25) is 10.1 Å². The largest absolute Gasteiger partial charge is 0.449 e. The Labute approximate surface area is 135 Å². The minimum Gasteiger partial charge on any atom is -0.449 e. The molecule has 1 aromatic carbocycles. The molecule has 118 valence electrons. The molecule has 23 heavy (non-hydrogen) atoms. The van der Waals surface area contributed by atoms with Gasteiger partial charge in [-0.05, 0) is 32.0 Å². The Morgan fingerprint density at radius 3 is 2.91 bits per heavy atom. The van der Waals surface area contributed by atoms with Gasteiger partial charge in [0, 0.05) is 6.07 Å². The number of rotatable bonds is 4. The molecule has 0 aliphatic rings. The number of ether oxygens (including phenoxy) is 1. The highest BCUT2D eigenvalue weighted by Gasteiger charge is 2.20. The summed E-state index contributed by atoms with van der Waals surface area (Å²) in [4.78, 5) is 28.2. The summed E-state index contributed by atoms with van der Waals surface area (Å²) < 4.78 is 10.9. The van der Waals surface area contributed by atoms with E-state index in [2.05, 4.69) is 15.5 Å². The first-order chi connectivity index (χ1) is 11.0. The first-order valence-corrected chi connectivity index (χ1v) is 7.69. The van der Waals surface area contributed by atoms with Crippen LogP contribution in [-0.4, -0.2) is 28.1 Å². The highest BCUT2D eigenvalue weighted by molar-refractivity contribution is 7.16. The van der Waals surface area contributed by atoms with E-state index >= 15 is 0 Å². The number of aryl methyl sites for hydroxylation is 1. The number of esters is 1. The van der Waals surface area contributed by atoms with Gasteiger partial charge in [-0.15, -0.1) is 11.3 Å². The fourth-order valence-corrected chi connectivity index (χ4v) is 2.63. The first kappa shape index (κ1) is 15.2. The summed E-state index contributed by atoms with van der Waals surface area (Å²) in [5, 5.41) is 6.15. The van der Waals surface area contributed by atoms with Crippen molar-refractivity contribution in [2.75, 3.05) is 5.32 Å². The van der Waals surface area contributed by atoms with Crippen molar-refractivity contribution < 1.29 is 18.8 Å². The number of benzene rings is 1. The molecule has 0 saturated heterocycles. The number of nitrogens with zero attached hydrogens (tertiary/aromatic N) is 2. The molecule has 8 heteroatoms. The van der Waals surface area contributed by atoms with Crippen molar-refractivity contribution >= 4 is 39.3 Å². The van der Waals surface area contributed by atoms with Crippen LogP contribution in [0.2, 0.25) is 0 Å². The van der Waals surface area contributed by atoms with Crippen LogP contribution in [0.1, 0.15) is 23.0 Å². The SMILES string of the molecule is Cc1cc(NC(=O)[C@H](C)OC(=O)c2ccc3ncsc3c2)on1. The van der Waals surface area contributed by atoms with E-state index in [1.807, 2.05) is 0 Å². The Morgan fingerprint density at radius 1 is 1.35 bits per heavy atom. The molecule has 0 unspecified atom stereocenters. The van der Waals surface area contributed by atoms with Crippen molar-refractivity contribution in [2.45, 2.75) is 20.0 Å². The van der Waals surface area contributed by atoms with Crippen LogP contribution in [0.3, 0.4) is 0 Å². The monoisotopic (exact) mass is 331 g/mol. The van der Waals surface area contributed by atoms with Gasteiger partial charge in [0.05, 0.1) is 27.0 Å². The summed E-state index contributed by atoms with van der Waals surface area (Å²) in [5.74, 6) is -0.855. The molecule has 2 aromatic heterocycles. The predicted molar refractivity (Wildman–Crippen MR) is 84.4 cm³/mol. The highest BCUT2D eigenvalue weighted by Crippen LogP contribution is 2.20. The smallest absolute Gasteiger partial charge is 0.338 e. The molecule has 0 radical (unpaired) electrons. The van der Waals surface area contributed by atoms with Crippen molar-refractivity contribution in [1.82, 2.24) is 10.1 Å². The molecule has 0 saturated carbocycles. The average molecular weight is 331 g/mol. The Bertz CT molecular complexity index is 870. The van der Waals surface area contributed by atoms with E-state index in [-0.39, 0.29) is 5.88 Å². The van der Waals surface area contributed by atoms with E-state index in [4.69, 9.17) is 9.26 Å². The Kier molecular flexibility index (Phi) is 4.07. The number of hydrogen-bond donors (Lipinski definition) is 1. The van der Waals surface area contributed by atoms with Crippen molar-refractivity contribution in [1.29, 1.82) is 0 Å². The average Bonchev–Trinajstić information content (AvgIpc) is 3.14. The van der Waals surface area contributed by atoms with Gasteiger partial charge in [-0.25, -0.2) is 9.78 Å². The lowest BCUT2D eigenvalue weighted by molar-refractivity contribution is -0.123. The third-order valence-corrected chi connectivity index (χ3v) is 3.89. The summed E-state index contributed by atoms with van der Waals surface area (Å²) in [6, 6.07) is 6.63. The molecule has 0 fully saturated rings. The van der Waals surface area contributed by atoms with Crippen molar-refractivity contribution in [3.8, 4) is 0 Å². The number of anilines is 1. The molecule has 2 heterocycles. The van der Waals surface area contributed by atoms with Crippen molar-refractivity contribution in [3.63, 3.8) is 0 Å². The maximum Gasteiger partial charge on any atom is 0.338 e. The van der Waals surface area contributed by atoms with Gasteiger partial charge in [0.1, 0.15) is 0 Å². The third-order valence-electron chi connectivity index (χ3n) is 3.09. The molecular formula is C15H13N3O4S. The summed E-state index contributed by atoms with van der Waals surface area (Å²) in [6.45, 7) is 3.22. The number of fused-ring (bicyclic) bond motifs is 1. The van der Waals surface area contributed by atoms with Crippen LogP contribution in [-0.2, 0) is 9.53 Å². The fraction of sp³-hybridized carbons (Fsp3) is 0.200. The summed E-state index contributed by atoms with van der Waals surface area (Å²) in [6.07, 6.45) is -0.968. The van der Waals surface area contributed by atoms with Crippen LogP contribution >= 0.6 is 11.3 Å². The Balaban J connectivity index is 1.65. The second-order valence-electron chi connectivity index (χ2n) is 4.90. The van der Waals surface area contributed by atoms with Gasteiger partial charge in [0.25, 0.3) is 5.91 Å². The van der Waals surface area contributed by atoms with Gasteiger partial charge in [-0.2, -0.15) is 0 Å². The van der Waals surface area contributed by atoms with Crippen molar-refractivity contribution in [2.24, 2.45) is 0 Å². The standard InChI is InChI=1S/C15H13N3O4S/c1-8-5-13(22-18-8)17-14(19)9(2)21-15(20)10-3-4-11-12(6-10)23-7-16-11/h3-7,9H,1-2H3,(H,17,19)/t9-/m0/s1. The maximum absolute atomic E-state index is 12.1. The van der Waals surface area contributed by atoms with E-state index in [9.17, 15) is 9.59 Å². The molecule has 0 aliphatic heterocycles. The van der Waals surface area contributed by atoms with E-state index in [0.29, 0.717) is 11.3 Å². The van der Waals surface area contributed by atoms with Crippen LogP contribution in [0.15, 0.2) is 34.3 Å². The number of amides is 1. The number of aromatic nitrogens is 2. The molecule has 0 aliphatic carbocycles. The molecule has 3 aromatic rings. The topological polar surface area (TPSA) is 94.3 Å². The molecule has 1 amide bonds. The number of thiazole rings is 1. The number of hydrogen-bond acceptors (Lipinski definition) is 7. The van der Waals surface area contributed by atoms with Crippen LogP contribution in [0, 0.1) is 6.92 Å². The minimum atomic E-state index is -0.968. The second kappa shape index (κ2) is 6.17. The molecular weight excluding hydrogens is 318 g/mol.